The lowest BCUT2D eigenvalue weighted by Crippen LogP contribution is -2.17. The minimum Gasteiger partial charge on any atom is -0.463 e. The van der Waals surface area contributed by atoms with Crippen LogP contribution in [0.25, 0.3) is 11.1 Å². The van der Waals surface area contributed by atoms with E-state index < -0.39 is 0 Å². The summed E-state index contributed by atoms with van der Waals surface area (Å²) in [5.74, 6) is -0.669. The Balaban J connectivity index is 1.72. The summed E-state index contributed by atoms with van der Waals surface area (Å²) in [6, 6.07) is 9.87. The zero-order chi connectivity index (χ0) is 17.4. The van der Waals surface area contributed by atoms with Crippen molar-refractivity contribution in [2.45, 2.75) is 13.5 Å². The van der Waals surface area contributed by atoms with Gasteiger partial charge in [0.05, 0.1) is 18.3 Å². The van der Waals surface area contributed by atoms with E-state index in [9.17, 15) is 9.18 Å². The molecule has 3 aromatic heterocycles. The van der Waals surface area contributed by atoms with Gasteiger partial charge in [-0.05, 0) is 13.0 Å². The van der Waals surface area contributed by atoms with Gasteiger partial charge in [-0.25, -0.2) is 4.39 Å². The van der Waals surface area contributed by atoms with Gasteiger partial charge in [0.25, 0.3) is 5.91 Å². The summed E-state index contributed by atoms with van der Waals surface area (Å²) in [5, 5.41) is 11.7. The summed E-state index contributed by atoms with van der Waals surface area (Å²) in [4.78, 5) is 12.7. The average molecular weight is 356 g/mol. The van der Waals surface area contributed by atoms with Crippen molar-refractivity contribution in [1.29, 1.82) is 0 Å². The highest BCUT2D eigenvalue weighted by molar-refractivity contribution is 7.15. The molecule has 3 heterocycles. The van der Waals surface area contributed by atoms with Crippen LogP contribution >= 0.6 is 11.3 Å². The van der Waals surface area contributed by atoms with E-state index in [-0.39, 0.29) is 18.3 Å². The monoisotopic (exact) mass is 356 g/mol. The van der Waals surface area contributed by atoms with Gasteiger partial charge < -0.3 is 8.98 Å². The van der Waals surface area contributed by atoms with Gasteiger partial charge in [0.2, 0.25) is 5.13 Å². The van der Waals surface area contributed by atoms with Crippen LogP contribution in [0.2, 0.25) is 0 Å². The van der Waals surface area contributed by atoms with Crippen LogP contribution < -0.4 is 5.32 Å². The summed E-state index contributed by atoms with van der Waals surface area (Å²) in [5.41, 5.74) is 2.14. The molecule has 6 nitrogen and oxygen atoms in total. The molecule has 1 amide bonds. The lowest BCUT2D eigenvalue weighted by Gasteiger charge is -2.10. The molecule has 0 saturated carbocycles. The molecule has 0 fully saturated rings. The Bertz CT molecular complexity index is 1070. The number of rotatable bonds is 4. The molecule has 4 rings (SSSR count). The Kier molecular flexibility index (Phi) is 3.81. The fourth-order valence-corrected chi connectivity index (χ4v) is 3.23. The molecule has 0 aliphatic heterocycles. The first kappa shape index (κ1) is 15.5. The summed E-state index contributed by atoms with van der Waals surface area (Å²) >= 11 is 1.29. The molecule has 25 heavy (non-hydrogen) atoms. The molecule has 0 spiro atoms. The normalized spacial score (nSPS) is 11.1. The van der Waals surface area contributed by atoms with Crippen LogP contribution in [-0.2, 0) is 6.54 Å². The van der Waals surface area contributed by atoms with Crippen molar-refractivity contribution in [3.63, 3.8) is 0 Å². The number of benzene rings is 1. The predicted octanol–water partition coefficient (Wildman–Crippen LogP) is 3.83. The van der Waals surface area contributed by atoms with Gasteiger partial charge >= 0.3 is 0 Å². The van der Waals surface area contributed by atoms with E-state index in [1.165, 1.54) is 23.7 Å². The van der Waals surface area contributed by atoms with Crippen molar-refractivity contribution < 1.29 is 13.6 Å². The molecular weight excluding hydrogens is 343 g/mol. The van der Waals surface area contributed by atoms with Gasteiger partial charge in [0, 0.05) is 17.7 Å². The Hall–Kier alpha value is -3.00. The number of furan rings is 1. The van der Waals surface area contributed by atoms with E-state index in [0.29, 0.717) is 22.0 Å². The average Bonchev–Trinajstić information content (AvgIpc) is 3.27. The SMILES string of the molecule is Cc1nnc(NC(=O)c2cc3occc3n2Cc2ccccc2F)s1. The number of carbonyl (C=O) groups excluding carboxylic acids is 1. The fraction of sp³-hybridized carbons (Fsp3) is 0.118. The highest BCUT2D eigenvalue weighted by Crippen LogP contribution is 2.24. The predicted molar refractivity (Wildman–Crippen MR) is 92.3 cm³/mol. The number of anilines is 1. The number of fused-ring (bicyclic) bond motifs is 1. The first-order chi connectivity index (χ1) is 12.1. The molecule has 0 aliphatic carbocycles. The molecule has 0 bridgehead atoms. The van der Waals surface area contributed by atoms with Crippen molar-refractivity contribution in [3.05, 3.63) is 64.7 Å². The number of aromatic nitrogens is 3. The maximum absolute atomic E-state index is 14.0. The third-order valence-corrected chi connectivity index (χ3v) is 4.54. The van der Waals surface area contributed by atoms with Gasteiger partial charge in [-0.15, -0.1) is 10.2 Å². The maximum Gasteiger partial charge on any atom is 0.274 e. The fourth-order valence-electron chi connectivity index (χ4n) is 2.64. The van der Waals surface area contributed by atoms with Crippen molar-refractivity contribution in [1.82, 2.24) is 14.8 Å². The number of hydrogen-bond acceptors (Lipinski definition) is 5. The second kappa shape index (κ2) is 6.14. The largest absolute Gasteiger partial charge is 0.463 e. The highest BCUT2D eigenvalue weighted by atomic mass is 32.1. The number of nitrogens with one attached hydrogen (secondary N) is 1. The molecular formula is C17H13FN4O2S. The maximum atomic E-state index is 14.0. The third kappa shape index (κ3) is 2.91. The minimum absolute atomic E-state index is 0.216. The number of hydrogen-bond donors (Lipinski definition) is 1. The summed E-state index contributed by atoms with van der Waals surface area (Å²) in [7, 11) is 0. The van der Waals surface area contributed by atoms with E-state index in [4.69, 9.17) is 4.42 Å². The van der Waals surface area contributed by atoms with Crippen LogP contribution in [-0.4, -0.2) is 20.7 Å². The number of halogens is 1. The van der Waals surface area contributed by atoms with E-state index in [1.807, 2.05) is 0 Å². The molecule has 0 unspecified atom stereocenters. The molecule has 8 heteroatoms. The Morgan fingerprint density at radius 2 is 2.16 bits per heavy atom. The van der Waals surface area contributed by atoms with Gasteiger partial charge in [0.15, 0.2) is 5.58 Å². The molecule has 126 valence electrons. The Labute approximate surface area is 145 Å². The number of carbonyl (C=O) groups is 1. The highest BCUT2D eigenvalue weighted by Gasteiger charge is 2.19. The second-order valence-electron chi connectivity index (χ2n) is 5.46. The lowest BCUT2D eigenvalue weighted by atomic mass is 10.2. The molecule has 1 N–H and O–H groups in total. The van der Waals surface area contributed by atoms with Crippen molar-refractivity contribution >= 4 is 33.5 Å². The van der Waals surface area contributed by atoms with Gasteiger partial charge in [-0.1, -0.05) is 29.5 Å². The Morgan fingerprint density at radius 1 is 1.32 bits per heavy atom. The summed E-state index contributed by atoms with van der Waals surface area (Å²) in [6.07, 6.45) is 1.54. The first-order valence-corrected chi connectivity index (χ1v) is 8.35. The number of nitrogens with zero attached hydrogens (tertiary/aromatic N) is 3. The number of amides is 1. The van der Waals surface area contributed by atoms with Crippen LogP contribution in [0.4, 0.5) is 9.52 Å². The zero-order valence-electron chi connectivity index (χ0n) is 13.2. The molecule has 1 aromatic carbocycles. The smallest absolute Gasteiger partial charge is 0.274 e. The third-order valence-electron chi connectivity index (χ3n) is 3.79. The van der Waals surface area contributed by atoms with Crippen LogP contribution in [0.15, 0.2) is 47.1 Å². The first-order valence-electron chi connectivity index (χ1n) is 7.53. The molecule has 0 atom stereocenters. The van der Waals surface area contributed by atoms with E-state index >= 15 is 0 Å². The van der Waals surface area contributed by atoms with Gasteiger partial charge in [0.1, 0.15) is 16.5 Å². The van der Waals surface area contributed by atoms with Crippen LogP contribution in [0.1, 0.15) is 21.1 Å². The van der Waals surface area contributed by atoms with Gasteiger partial charge in [-0.2, -0.15) is 0 Å². The summed E-state index contributed by atoms with van der Waals surface area (Å²) < 4.78 is 21.2. The second-order valence-corrected chi connectivity index (χ2v) is 6.64. The van der Waals surface area contributed by atoms with Crippen LogP contribution in [0.3, 0.4) is 0 Å². The topological polar surface area (TPSA) is 73.0 Å². The van der Waals surface area contributed by atoms with E-state index in [0.717, 1.165) is 10.5 Å². The number of aryl methyl sites for hydroxylation is 1. The quantitative estimate of drug-likeness (QED) is 0.603. The van der Waals surface area contributed by atoms with Crippen molar-refractivity contribution in [2.75, 3.05) is 5.32 Å². The molecule has 0 radical (unpaired) electrons. The van der Waals surface area contributed by atoms with Crippen molar-refractivity contribution in [2.24, 2.45) is 0 Å². The zero-order valence-corrected chi connectivity index (χ0v) is 14.0. The summed E-state index contributed by atoms with van der Waals surface area (Å²) in [6.45, 7) is 2.02. The molecule has 0 saturated heterocycles. The lowest BCUT2D eigenvalue weighted by molar-refractivity contribution is 0.101. The minimum atomic E-state index is -0.348. The van der Waals surface area contributed by atoms with Crippen LogP contribution in [0, 0.1) is 12.7 Å². The molecule has 0 aliphatic rings. The van der Waals surface area contributed by atoms with Crippen LogP contribution in [0.5, 0.6) is 0 Å². The Morgan fingerprint density at radius 3 is 2.92 bits per heavy atom. The van der Waals surface area contributed by atoms with Crippen molar-refractivity contribution in [3.8, 4) is 0 Å². The van der Waals surface area contributed by atoms with E-state index in [2.05, 4.69) is 15.5 Å². The molecule has 4 aromatic rings. The standard InChI is InChI=1S/C17H13FN4O2S/c1-10-20-21-17(25-10)19-16(23)14-8-15-13(6-7-24-15)22(14)9-11-4-2-3-5-12(11)18/h2-8H,9H2,1H3,(H,19,21,23). The van der Waals surface area contributed by atoms with Gasteiger partial charge in [-0.3, -0.25) is 10.1 Å². The van der Waals surface area contributed by atoms with E-state index in [1.54, 1.807) is 41.8 Å².